The lowest BCUT2D eigenvalue weighted by Gasteiger charge is -2.23. The van der Waals surface area contributed by atoms with Gasteiger partial charge in [-0.1, -0.05) is 0 Å². The van der Waals surface area contributed by atoms with Crippen LogP contribution in [-0.2, 0) is 25.7 Å². The van der Waals surface area contributed by atoms with Crippen LogP contribution in [0.2, 0.25) is 0 Å². The number of anilines is 2. The second kappa shape index (κ2) is 10.5. The molecule has 1 N–H and O–H groups in total. The molecule has 188 valence electrons. The number of alkyl halides is 2. The van der Waals surface area contributed by atoms with Crippen molar-refractivity contribution in [2.75, 3.05) is 49.1 Å². The molecule has 4 rings (SSSR count). The van der Waals surface area contributed by atoms with Gasteiger partial charge in [0.1, 0.15) is 18.5 Å². The molecule has 0 aliphatic carbocycles. The van der Waals surface area contributed by atoms with Crippen LogP contribution < -0.4 is 15.1 Å². The average Bonchev–Trinajstić information content (AvgIpc) is 3.39. The molecule has 2 aliphatic rings. The molecule has 1 aromatic carbocycles. The van der Waals surface area contributed by atoms with E-state index in [0.29, 0.717) is 6.54 Å². The van der Waals surface area contributed by atoms with Crippen LogP contribution in [0.1, 0.15) is 0 Å². The molecule has 0 saturated carbocycles. The zero-order chi connectivity index (χ0) is 24.9. The molecule has 13 nitrogen and oxygen atoms in total. The molecule has 16 heteroatoms. The Morgan fingerprint density at radius 2 is 2.06 bits per heavy atom. The van der Waals surface area contributed by atoms with Crippen LogP contribution >= 0.6 is 0 Å². The number of rotatable bonds is 7. The first-order chi connectivity index (χ1) is 16.8. The SMILES string of the molecule is O=C(NC[C@H]1CN(c2ccc(N3CCON(C(=O)Cn4ncnn4)CC3)c(F)c2)C(=O)O1)C(F)F. The highest BCUT2D eigenvalue weighted by Crippen LogP contribution is 2.28. The smallest absolute Gasteiger partial charge is 0.414 e. The van der Waals surface area contributed by atoms with E-state index in [1.807, 2.05) is 5.32 Å². The minimum Gasteiger partial charge on any atom is -0.442 e. The molecule has 0 spiro atoms. The Kier molecular flexibility index (Phi) is 7.28. The Bertz CT molecular complexity index is 1070. The normalized spacial score (nSPS) is 18.6. The van der Waals surface area contributed by atoms with Gasteiger partial charge in [0.2, 0.25) is 0 Å². The maximum absolute atomic E-state index is 15.0. The van der Waals surface area contributed by atoms with Gasteiger partial charge in [-0.05, 0) is 23.4 Å². The molecular formula is C19H21F3N8O5. The van der Waals surface area contributed by atoms with E-state index in [2.05, 4.69) is 15.4 Å². The summed E-state index contributed by atoms with van der Waals surface area (Å²) in [5.74, 6) is -2.46. The monoisotopic (exact) mass is 498 g/mol. The number of hydrogen-bond acceptors (Lipinski definition) is 9. The van der Waals surface area contributed by atoms with Crippen molar-refractivity contribution in [1.29, 1.82) is 0 Å². The molecule has 2 saturated heterocycles. The van der Waals surface area contributed by atoms with Gasteiger partial charge in [0, 0.05) is 13.1 Å². The van der Waals surface area contributed by atoms with Gasteiger partial charge >= 0.3 is 12.5 Å². The Hall–Kier alpha value is -3.95. The van der Waals surface area contributed by atoms with Gasteiger partial charge in [-0.25, -0.2) is 14.2 Å². The number of halogens is 3. The molecular weight excluding hydrogens is 477 g/mol. The first-order valence-corrected chi connectivity index (χ1v) is 10.5. The Labute approximate surface area is 196 Å². The molecule has 35 heavy (non-hydrogen) atoms. The van der Waals surface area contributed by atoms with Crippen LogP contribution in [0.3, 0.4) is 0 Å². The Balaban J connectivity index is 1.35. The summed E-state index contributed by atoms with van der Waals surface area (Å²) in [5, 5.41) is 14.1. The number of hydrogen-bond donors (Lipinski definition) is 1. The first-order valence-electron chi connectivity index (χ1n) is 10.5. The number of nitrogens with zero attached hydrogens (tertiary/aromatic N) is 7. The molecule has 3 amide bonds. The Morgan fingerprint density at radius 3 is 2.77 bits per heavy atom. The quantitative estimate of drug-likeness (QED) is 0.551. The molecule has 2 aromatic rings. The second-order valence-corrected chi connectivity index (χ2v) is 7.58. The van der Waals surface area contributed by atoms with E-state index in [0.717, 1.165) is 15.8 Å². The highest BCUT2D eigenvalue weighted by molar-refractivity contribution is 5.90. The van der Waals surface area contributed by atoms with Gasteiger partial charge in [-0.2, -0.15) is 13.6 Å². The van der Waals surface area contributed by atoms with E-state index >= 15 is 0 Å². The number of aromatic nitrogens is 4. The van der Waals surface area contributed by atoms with Crippen molar-refractivity contribution >= 4 is 29.3 Å². The van der Waals surface area contributed by atoms with Crippen molar-refractivity contribution in [3.8, 4) is 0 Å². The van der Waals surface area contributed by atoms with Gasteiger partial charge < -0.3 is 15.0 Å². The average molecular weight is 498 g/mol. The standard InChI is InChI=1S/C19H21F3N8O5/c20-14-7-12(28-9-13(35-19(28)33)8-23-18(32)17(21)22)1-2-15(14)27-3-4-29(34-6-5-27)16(31)10-30-25-11-24-26-30/h1-2,7,11,13,17H,3-6,8-10H2,(H,23,32)/t13-/m0/s1. The van der Waals surface area contributed by atoms with E-state index in [1.54, 1.807) is 4.90 Å². The third kappa shape index (κ3) is 5.76. The molecule has 2 aliphatic heterocycles. The van der Waals surface area contributed by atoms with Crippen molar-refractivity contribution in [1.82, 2.24) is 30.6 Å². The second-order valence-electron chi connectivity index (χ2n) is 7.58. The minimum atomic E-state index is -3.18. The van der Waals surface area contributed by atoms with Crippen LogP contribution in [0.5, 0.6) is 0 Å². The van der Waals surface area contributed by atoms with Gasteiger partial charge in [0.15, 0.2) is 6.33 Å². The van der Waals surface area contributed by atoms with Crippen LogP contribution in [0.15, 0.2) is 24.5 Å². The lowest BCUT2D eigenvalue weighted by molar-refractivity contribution is -0.183. The molecule has 0 radical (unpaired) electrons. The summed E-state index contributed by atoms with van der Waals surface area (Å²) in [6, 6.07) is 4.16. The summed E-state index contributed by atoms with van der Waals surface area (Å²) < 4.78 is 44.7. The predicted octanol–water partition coefficient (Wildman–Crippen LogP) is -0.201. The fraction of sp³-hybridized carbons (Fsp3) is 0.474. The number of carbonyl (C=O) groups is 3. The van der Waals surface area contributed by atoms with Gasteiger partial charge in [-0.15, -0.1) is 10.2 Å². The summed E-state index contributed by atoms with van der Waals surface area (Å²) in [6.45, 7) is 0.394. The fourth-order valence-corrected chi connectivity index (χ4v) is 3.60. The molecule has 1 atom stereocenters. The zero-order valence-corrected chi connectivity index (χ0v) is 18.2. The number of benzene rings is 1. The lowest BCUT2D eigenvalue weighted by Crippen LogP contribution is -2.37. The van der Waals surface area contributed by atoms with Crippen molar-refractivity contribution in [2.24, 2.45) is 0 Å². The number of tetrazole rings is 1. The largest absolute Gasteiger partial charge is 0.442 e. The fourth-order valence-electron chi connectivity index (χ4n) is 3.60. The number of hydroxylamine groups is 2. The zero-order valence-electron chi connectivity index (χ0n) is 18.2. The molecule has 0 unspecified atom stereocenters. The summed E-state index contributed by atoms with van der Waals surface area (Å²) in [6.07, 6.45) is -3.61. The number of nitrogens with one attached hydrogen (secondary N) is 1. The number of carbonyl (C=O) groups excluding carboxylic acids is 3. The Morgan fingerprint density at radius 1 is 1.23 bits per heavy atom. The highest BCUT2D eigenvalue weighted by atomic mass is 19.3. The summed E-state index contributed by atoms with van der Waals surface area (Å²) in [4.78, 5) is 45.0. The van der Waals surface area contributed by atoms with E-state index in [1.165, 1.54) is 23.5 Å². The summed E-state index contributed by atoms with van der Waals surface area (Å²) >= 11 is 0. The number of ether oxygens (including phenoxy) is 1. The van der Waals surface area contributed by atoms with Gasteiger partial charge in [-0.3, -0.25) is 19.3 Å². The van der Waals surface area contributed by atoms with Crippen LogP contribution in [-0.4, -0.2) is 95.0 Å². The third-order valence-corrected chi connectivity index (χ3v) is 5.29. The van der Waals surface area contributed by atoms with Crippen molar-refractivity contribution in [3.63, 3.8) is 0 Å². The lowest BCUT2D eigenvalue weighted by atomic mass is 10.2. The van der Waals surface area contributed by atoms with Crippen molar-refractivity contribution < 1.29 is 37.1 Å². The van der Waals surface area contributed by atoms with Crippen molar-refractivity contribution in [2.45, 2.75) is 19.1 Å². The van der Waals surface area contributed by atoms with Crippen LogP contribution in [0, 0.1) is 5.82 Å². The van der Waals surface area contributed by atoms with E-state index in [9.17, 15) is 27.6 Å². The minimum absolute atomic E-state index is 0.0452. The van der Waals surface area contributed by atoms with Crippen LogP contribution in [0.4, 0.5) is 29.3 Å². The number of cyclic esters (lactones) is 1. The maximum Gasteiger partial charge on any atom is 0.414 e. The molecule has 2 fully saturated rings. The van der Waals surface area contributed by atoms with Crippen LogP contribution in [0.25, 0.3) is 0 Å². The molecule has 0 bridgehead atoms. The van der Waals surface area contributed by atoms with Gasteiger partial charge in [0.05, 0.1) is 37.6 Å². The van der Waals surface area contributed by atoms with E-state index < -0.39 is 30.3 Å². The van der Waals surface area contributed by atoms with Gasteiger partial charge in [0.25, 0.3) is 11.8 Å². The third-order valence-electron chi connectivity index (χ3n) is 5.29. The number of amides is 3. The summed E-state index contributed by atoms with van der Waals surface area (Å²) in [5.41, 5.74) is 0.458. The van der Waals surface area contributed by atoms with E-state index in [4.69, 9.17) is 9.57 Å². The predicted molar refractivity (Wildman–Crippen MR) is 111 cm³/mol. The molecule has 3 heterocycles. The van der Waals surface area contributed by atoms with E-state index in [-0.39, 0.29) is 56.6 Å². The first kappa shape index (κ1) is 24.2. The summed E-state index contributed by atoms with van der Waals surface area (Å²) in [7, 11) is 0. The molecule has 1 aromatic heterocycles. The topological polar surface area (TPSA) is 135 Å². The highest BCUT2D eigenvalue weighted by Gasteiger charge is 2.33. The maximum atomic E-state index is 15.0. The van der Waals surface area contributed by atoms with Crippen molar-refractivity contribution in [3.05, 3.63) is 30.3 Å².